The van der Waals surface area contributed by atoms with Crippen molar-refractivity contribution in [2.75, 3.05) is 7.11 Å². The largest absolute Gasteiger partial charge is 0.497 e. The highest BCUT2D eigenvalue weighted by Gasteiger charge is 2.25. The second-order valence-corrected chi connectivity index (χ2v) is 7.22. The Labute approximate surface area is 174 Å². The number of nitrogens with one attached hydrogen (secondary N) is 1. The van der Waals surface area contributed by atoms with E-state index in [0.717, 1.165) is 5.56 Å². The first-order valence-electron chi connectivity index (χ1n) is 9.63. The van der Waals surface area contributed by atoms with Gasteiger partial charge in [0.2, 0.25) is 5.88 Å². The SMILES string of the molecule is COc1cccc(CC(=O)c2c(OC(=O)C(C)C)[nH]n(Cc3ccccc3)c2=O)c1. The van der Waals surface area contributed by atoms with Gasteiger partial charge < -0.3 is 9.47 Å². The summed E-state index contributed by atoms with van der Waals surface area (Å²) in [6.07, 6.45) is -0.0259. The van der Waals surface area contributed by atoms with Gasteiger partial charge in [0, 0.05) is 6.42 Å². The maximum absolute atomic E-state index is 13.0. The molecule has 0 bridgehead atoms. The number of methoxy groups -OCH3 is 1. The molecule has 0 unspecified atom stereocenters. The predicted octanol–water partition coefficient (Wildman–Crippen LogP) is 3.22. The van der Waals surface area contributed by atoms with Crippen molar-refractivity contribution in [3.63, 3.8) is 0 Å². The minimum Gasteiger partial charge on any atom is -0.497 e. The highest BCUT2D eigenvalue weighted by Crippen LogP contribution is 2.19. The Bertz CT molecular complexity index is 1100. The first kappa shape index (κ1) is 21.1. The fraction of sp³-hybridized carbons (Fsp3) is 0.261. The first-order chi connectivity index (χ1) is 14.4. The van der Waals surface area contributed by atoms with Crippen molar-refractivity contribution in [3.8, 4) is 11.6 Å². The number of aromatic nitrogens is 2. The van der Waals surface area contributed by atoms with Gasteiger partial charge in [0.1, 0.15) is 11.3 Å². The fourth-order valence-corrected chi connectivity index (χ4v) is 2.93. The van der Waals surface area contributed by atoms with Gasteiger partial charge in [0.15, 0.2) is 5.78 Å². The Kier molecular flexibility index (Phi) is 6.51. The Hall–Kier alpha value is -3.61. The highest BCUT2D eigenvalue weighted by atomic mass is 16.5. The summed E-state index contributed by atoms with van der Waals surface area (Å²) < 4.78 is 11.8. The van der Waals surface area contributed by atoms with Gasteiger partial charge in [-0.05, 0) is 23.3 Å². The van der Waals surface area contributed by atoms with Crippen LogP contribution in [0.1, 0.15) is 35.3 Å². The molecule has 0 amide bonds. The van der Waals surface area contributed by atoms with Crippen LogP contribution in [0.15, 0.2) is 59.4 Å². The van der Waals surface area contributed by atoms with Crippen LogP contribution in [0.25, 0.3) is 0 Å². The van der Waals surface area contributed by atoms with Crippen LogP contribution in [0.2, 0.25) is 0 Å². The molecule has 0 saturated heterocycles. The summed E-state index contributed by atoms with van der Waals surface area (Å²) in [7, 11) is 1.54. The molecule has 0 radical (unpaired) electrons. The van der Waals surface area contributed by atoms with Crippen molar-refractivity contribution in [2.24, 2.45) is 5.92 Å². The van der Waals surface area contributed by atoms with Crippen LogP contribution in [0.3, 0.4) is 0 Å². The third kappa shape index (κ3) is 4.86. The Morgan fingerprint density at radius 2 is 1.73 bits per heavy atom. The smallest absolute Gasteiger partial charge is 0.315 e. The summed E-state index contributed by atoms with van der Waals surface area (Å²) in [5, 5.41) is 2.79. The predicted molar refractivity (Wildman–Crippen MR) is 112 cm³/mol. The summed E-state index contributed by atoms with van der Waals surface area (Å²) in [6, 6.07) is 16.4. The molecule has 7 heteroatoms. The van der Waals surface area contributed by atoms with Gasteiger partial charge in [-0.3, -0.25) is 19.5 Å². The molecule has 1 aromatic heterocycles. The number of Topliss-reactive ketones (excluding diaryl/α,β-unsaturated/α-hetero) is 1. The summed E-state index contributed by atoms with van der Waals surface area (Å²) >= 11 is 0. The van der Waals surface area contributed by atoms with Crippen LogP contribution in [0.4, 0.5) is 0 Å². The Morgan fingerprint density at radius 3 is 2.40 bits per heavy atom. The van der Waals surface area contributed by atoms with Crippen LogP contribution in [0.5, 0.6) is 11.6 Å². The zero-order valence-corrected chi connectivity index (χ0v) is 17.2. The lowest BCUT2D eigenvalue weighted by Crippen LogP contribution is -2.23. The zero-order chi connectivity index (χ0) is 21.7. The molecule has 0 fully saturated rings. The second-order valence-electron chi connectivity index (χ2n) is 7.22. The van der Waals surface area contributed by atoms with Gasteiger partial charge in [-0.1, -0.05) is 56.3 Å². The van der Waals surface area contributed by atoms with E-state index in [2.05, 4.69) is 5.10 Å². The van der Waals surface area contributed by atoms with Crippen LogP contribution in [-0.4, -0.2) is 28.6 Å². The molecule has 0 aliphatic rings. The minimum absolute atomic E-state index is 0.0259. The molecule has 0 atom stereocenters. The van der Waals surface area contributed by atoms with E-state index in [1.807, 2.05) is 30.3 Å². The molecule has 0 saturated carbocycles. The first-order valence-corrected chi connectivity index (χ1v) is 9.63. The fourth-order valence-electron chi connectivity index (χ4n) is 2.93. The number of carbonyl (C=O) groups is 2. The van der Waals surface area contributed by atoms with Crippen LogP contribution >= 0.6 is 0 Å². The lowest BCUT2D eigenvalue weighted by atomic mass is 10.0. The quantitative estimate of drug-likeness (QED) is 0.457. The van der Waals surface area contributed by atoms with Crippen LogP contribution in [-0.2, 0) is 17.8 Å². The van der Waals surface area contributed by atoms with Crippen molar-refractivity contribution >= 4 is 11.8 Å². The van der Waals surface area contributed by atoms with E-state index >= 15 is 0 Å². The molecule has 0 aliphatic heterocycles. The van der Waals surface area contributed by atoms with E-state index in [0.29, 0.717) is 11.3 Å². The molecule has 30 heavy (non-hydrogen) atoms. The highest BCUT2D eigenvalue weighted by molar-refractivity contribution is 5.99. The van der Waals surface area contributed by atoms with Crippen molar-refractivity contribution in [2.45, 2.75) is 26.8 Å². The molecule has 0 aliphatic carbocycles. The third-order valence-corrected chi connectivity index (χ3v) is 4.56. The van der Waals surface area contributed by atoms with Crippen LogP contribution < -0.4 is 15.0 Å². The third-order valence-electron chi connectivity index (χ3n) is 4.56. The van der Waals surface area contributed by atoms with E-state index in [9.17, 15) is 14.4 Å². The molecule has 3 rings (SSSR count). The topological polar surface area (TPSA) is 90.4 Å². The summed E-state index contributed by atoms with van der Waals surface area (Å²) in [6.45, 7) is 3.58. The molecule has 2 aromatic carbocycles. The van der Waals surface area contributed by atoms with Gasteiger partial charge in [0.25, 0.3) is 5.56 Å². The molecule has 1 N–H and O–H groups in total. The zero-order valence-electron chi connectivity index (χ0n) is 17.2. The minimum atomic E-state index is -0.529. The van der Waals surface area contributed by atoms with Crippen molar-refractivity contribution in [1.29, 1.82) is 0 Å². The van der Waals surface area contributed by atoms with E-state index < -0.39 is 23.2 Å². The van der Waals surface area contributed by atoms with Gasteiger partial charge in [-0.25, -0.2) is 4.68 Å². The van der Waals surface area contributed by atoms with Gasteiger partial charge in [0.05, 0.1) is 19.6 Å². The second kappa shape index (κ2) is 9.26. The maximum Gasteiger partial charge on any atom is 0.315 e. The molecular weight excluding hydrogens is 384 g/mol. The number of ether oxygens (including phenoxy) is 2. The number of esters is 1. The average molecular weight is 408 g/mol. The van der Waals surface area contributed by atoms with Gasteiger partial charge >= 0.3 is 5.97 Å². The van der Waals surface area contributed by atoms with Crippen LogP contribution in [0, 0.1) is 5.92 Å². The summed E-state index contributed by atoms with van der Waals surface area (Å²) in [4.78, 5) is 38.1. The Morgan fingerprint density at radius 1 is 1.03 bits per heavy atom. The van der Waals surface area contributed by atoms with Gasteiger partial charge in [-0.2, -0.15) is 0 Å². The molecule has 1 heterocycles. The molecule has 156 valence electrons. The molecular formula is C23H24N2O5. The Balaban J connectivity index is 1.96. The van der Waals surface area contributed by atoms with Crippen molar-refractivity contribution < 1.29 is 19.1 Å². The number of carbonyl (C=O) groups excluding carboxylic acids is 2. The van der Waals surface area contributed by atoms with E-state index in [1.54, 1.807) is 45.2 Å². The number of aromatic amines is 1. The number of rotatable bonds is 8. The van der Waals surface area contributed by atoms with Crippen molar-refractivity contribution in [1.82, 2.24) is 9.78 Å². The van der Waals surface area contributed by atoms with E-state index in [-0.39, 0.29) is 24.4 Å². The summed E-state index contributed by atoms with van der Waals surface area (Å²) in [5.74, 6) is -0.890. The lowest BCUT2D eigenvalue weighted by molar-refractivity contribution is -0.138. The van der Waals surface area contributed by atoms with Gasteiger partial charge in [-0.15, -0.1) is 0 Å². The number of benzene rings is 2. The monoisotopic (exact) mass is 408 g/mol. The number of H-pyrrole nitrogens is 1. The number of nitrogens with zero attached hydrogens (tertiary/aromatic N) is 1. The van der Waals surface area contributed by atoms with E-state index in [1.165, 1.54) is 4.68 Å². The van der Waals surface area contributed by atoms with Crippen molar-refractivity contribution in [3.05, 3.63) is 81.6 Å². The lowest BCUT2D eigenvalue weighted by Gasteiger charge is -2.07. The standard InChI is InChI=1S/C23H24N2O5/c1-15(2)23(28)30-21-20(19(26)13-17-10-7-11-18(12-17)29-3)22(27)25(24-21)14-16-8-5-4-6-9-16/h4-12,15,24H,13-14H2,1-3H3. The molecule has 0 spiro atoms. The number of ketones is 1. The number of hydrogen-bond donors (Lipinski definition) is 1. The maximum atomic E-state index is 13.0. The number of hydrogen-bond acceptors (Lipinski definition) is 5. The molecule has 3 aromatic rings. The molecule has 7 nitrogen and oxygen atoms in total. The normalized spacial score (nSPS) is 10.8. The van der Waals surface area contributed by atoms with E-state index in [4.69, 9.17) is 9.47 Å². The average Bonchev–Trinajstić information content (AvgIpc) is 3.03. The summed E-state index contributed by atoms with van der Waals surface area (Å²) in [5.41, 5.74) is 0.867.